The molecule has 0 saturated heterocycles. The van der Waals surface area contributed by atoms with Crippen molar-refractivity contribution in [2.24, 2.45) is 0 Å². The van der Waals surface area contributed by atoms with Gasteiger partial charge in [-0.2, -0.15) is 0 Å². The molecule has 0 unspecified atom stereocenters. The van der Waals surface area contributed by atoms with Crippen molar-refractivity contribution < 1.29 is 0 Å². The number of anilines is 1. The first-order valence-corrected chi connectivity index (χ1v) is 6.25. The average molecular weight is 292 g/mol. The third-order valence-electron chi connectivity index (χ3n) is 2.62. The van der Waals surface area contributed by atoms with Crippen LogP contribution in [-0.4, -0.2) is 23.6 Å². The van der Waals surface area contributed by atoms with Gasteiger partial charge in [0.05, 0.1) is 11.9 Å². The fourth-order valence-corrected chi connectivity index (χ4v) is 1.94. The predicted molar refractivity (Wildman–Crippen MR) is 73.1 cm³/mol. The van der Waals surface area contributed by atoms with Gasteiger partial charge in [0.15, 0.2) is 0 Å². The Morgan fingerprint density at radius 3 is 2.65 bits per heavy atom. The number of rotatable bonds is 4. The Hall–Kier alpha value is -1.42. The molecule has 4 heteroatoms. The van der Waals surface area contributed by atoms with Crippen LogP contribution in [0.4, 0.5) is 5.69 Å². The third kappa shape index (κ3) is 3.53. The number of halogens is 1. The number of hydrogen-bond acceptors (Lipinski definition) is 3. The summed E-state index contributed by atoms with van der Waals surface area (Å²) in [6, 6.07) is 6.17. The zero-order chi connectivity index (χ0) is 12.1. The normalized spacial score (nSPS) is 10.2. The first-order chi connectivity index (χ1) is 8.25. The van der Waals surface area contributed by atoms with E-state index >= 15 is 0 Å². The molecule has 0 spiro atoms. The third-order valence-corrected chi connectivity index (χ3v) is 3.05. The van der Waals surface area contributed by atoms with E-state index in [-0.39, 0.29) is 0 Å². The fourth-order valence-electron chi connectivity index (χ4n) is 1.58. The standard InChI is InChI=1S/C13H14BrN3/c1-17(13-8-12(14)9-16-10-13)7-4-11-2-5-15-6-3-11/h2-3,5-6,8-10H,4,7H2,1H3. The van der Waals surface area contributed by atoms with Crippen LogP contribution in [0.3, 0.4) is 0 Å². The van der Waals surface area contributed by atoms with Crippen LogP contribution >= 0.6 is 15.9 Å². The van der Waals surface area contributed by atoms with Gasteiger partial charge in [0.1, 0.15) is 0 Å². The number of hydrogen-bond donors (Lipinski definition) is 0. The van der Waals surface area contributed by atoms with Gasteiger partial charge in [-0.25, -0.2) is 0 Å². The predicted octanol–water partition coefficient (Wildman–Crippen LogP) is 2.92. The lowest BCUT2D eigenvalue weighted by Gasteiger charge is -2.18. The first-order valence-electron chi connectivity index (χ1n) is 5.46. The Bertz CT molecular complexity index is 473. The Kier molecular flexibility index (Phi) is 4.09. The lowest BCUT2D eigenvalue weighted by molar-refractivity contribution is 0.871. The van der Waals surface area contributed by atoms with Crippen molar-refractivity contribution in [1.82, 2.24) is 9.97 Å². The summed E-state index contributed by atoms with van der Waals surface area (Å²) >= 11 is 3.43. The van der Waals surface area contributed by atoms with Crippen molar-refractivity contribution in [2.45, 2.75) is 6.42 Å². The molecule has 2 heterocycles. The molecule has 0 fully saturated rings. The first kappa shape index (κ1) is 12.0. The molecule has 3 nitrogen and oxygen atoms in total. The molecule has 0 bridgehead atoms. The second-order valence-corrected chi connectivity index (χ2v) is 4.80. The summed E-state index contributed by atoms with van der Waals surface area (Å²) in [6.07, 6.45) is 8.33. The van der Waals surface area contributed by atoms with Crippen LogP contribution in [0, 0.1) is 0 Å². The van der Waals surface area contributed by atoms with E-state index in [0.29, 0.717) is 0 Å². The lowest BCUT2D eigenvalue weighted by atomic mass is 10.2. The molecule has 0 saturated carbocycles. The number of aromatic nitrogens is 2. The van der Waals surface area contributed by atoms with E-state index in [4.69, 9.17) is 0 Å². The van der Waals surface area contributed by atoms with E-state index in [1.807, 2.05) is 30.7 Å². The molecule has 0 aliphatic carbocycles. The molecular formula is C13H14BrN3. The Balaban J connectivity index is 1.96. The van der Waals surface area contributed by atoms with Crippen LogP contribution in [0.1, 0.15) is 5.56 Å². The van der Waals surface area contributed by atoms with Gasteiger partial charge in [0, 0.05) is 36.7 Å². The van der Waals surface area contributed by atoms with Gasteiger partial charge in [0.2, 0.25) is 0 Å². The van der Waals surface area contributed by atoms with Crippen molar-refractivity contribution in [1.29, 1.82) is 0 Å². The second-order valence-electron chi connectivity index (χ2n) is 3.89. The molecule has 0 amide bonds. The molecule has 0 atom stereocenters. The highest BCUT2D eigenvalue weighted by molar-refractivity contribution is 9.10. The highest BCUT2D eigenvalue weighted by Gasteiger charge is 2.02. The minimum Gasteiger partial charge on any atom is -0.373 e. The largest absolute Gasteiger partial charge is 0.373 e. The zero-order valence-electron chi connectivity index (χ0n) is 9.68. The molecule has 2 rings (SSSR count). The maximum absolute atomic E-state index is 4.16. The van der Waals surface area contributed by atoms with Crippen molar-refractivity contribution >= 4 is 21.6 Å². The number of likely N-dealkylation sites (N-methyl/N-ethyl adjacent to an activating group) is 1. The molecule has 17 heavy (non-hydrogen) atoms. The monoisotopic (exact) mass is 291 g/mol. The minimum atomic E-state index is 0.960. The smallest absolute Gasteiger partial charge is 0.0561 e. The van der Waals surface area contributed by atoms with Crippen molar-refractivity contribution in [3.8, 4) is 0 Å². The summed E-state index contributed by atoms with van der Waals surface area (Å²) in [5, 5.41) is 0. The van der Waals surface area contributed by atoms with Crippen LogP contribution in [0.2, 0.25) is 0 Å². The van der Waals surface area contributed by atoms with E-state index in [0.717, 1.165) is 23.1 Å². The Morgan fingerprint density at radius 2 is 1.94 bits per heavy atom. The van der Waals surface area contributed by atoms with Crippen LogP contribution in [-0.2, 0) is 6.42 Å². The van der Waals surface area contributed by atoms with Gasteiger partial charge in [-0.15, -0.1) is 0 Å². The van der Waals surface area contributed by atoms with Crippen molar-refractivity contribution in [2.75, 3.05) is 18.5 Å². The molecule has 0 aliphatic rings. The highest BCUT2D eigenvalue weighted by atomic mass is 79.9. The van der Waals surface area contributed by atoms with E-state index in [9.17, 15) is 0 Å². The van der Waals surface area contributed by atoms with E-state index in [1.54, 1.807) is 6.20 Å². The van der Waals surface area contributed by atoms with Gasteiger partial charge in [0.25, 0.3) is 0 Å². The molecule has 0 aromatic carbocycles. The van der Waals surface area contributed by atoms with Crippen LogP contribution in [0.15, 0.2) is 47.5 Å². The summed E-state index contributed by atoms with van der Waals surface area (Å²) in [4.78, 5) is 10.4. The van der Waals surface area contributed by atoms with Crippen molar-refractivity contribution in [3.05, 3.63) is 53.0 Å². The molecule has 2 aromatic rings. The zero-order valence-corrected chi connectivity index (χ0v) is 11.3. The summed E-state index contributed by atoms with van der Waals surface area (Å²) in [6.45, 7) is 0.960. The summed E-state index contributed by atoms with van der Waals surface area (Å²) in [5.41, 5.74) is 2.42. The van der Waals surface area contributed by atoms with Gasteiger partial charge in [-0.3, -0.25) is 9.97 Å². The summed E-state index contributed by atoms with van der Waals surface area (Å²) in [5.74, 6) is 0. The SMILES string of the molecule is CN(CCc1ccncc1)c1cncc(Br)c1. The van der Waals surface area contributed by atoms with Gasteiger partial charge in [-0.1, -0.05) is 0 Å². The number of nitrogens with zero attached hydrogens (tertiary/aromatic N) is 3. The van der Waals surface area contributed by atoms with Gasteiger partial charge in [-0.05, 0) is 46.1 Å². The average Bonchev–Trinajstić information content (AvgIpc) is 2.37. The Morgan fingerprint density at radius 1 is 1.18 bits per heavy atom. The molecule has 88 valence electrons. The topological polar surface area (TPSA) is 29.0 Å². The number of pyridine rings is 2. The molecule has 2 aromatic heterocycles. The van der Waals surface area contributed by atoms with E-state index in [1.165, 1.54) is 5.56 Å². The van der Waals surface area contributed by atoms with E-state index < -0.39 is 0 Å². The lowest BCUT2D eigenvalue weighted by Crippen LogP contribution is -2.20. The van der Waals surface area contributed by atoms with Gasteiger partial charge < -0.3 is 4.90 Å². The van der Waals surface area contributed by atoms with Crippen LogP contribution in [0.5, 0.6) is 0 Å². The van der Waals surface area contributed by atoms with E-state index in [2.05, 4.69) is 43.9 Å². The molecular weight excluding hydrogens is 278 g/mol. The molecule has 0 radical (unpaired) electrons. The quantitative estimate of drug-likeness (QED) is 0.867. The van der Waals surface area contributed by atoms with Crippen LogP contribution in [0.25, 0.3) is 0 Å². The van der Waals surface area contributed by atoms with Gasteiger partial charge >= 0.3 is 0 Å². The summed E-state index contributed by atoms with van der Waals surface area (Å²) in [7, 11) is 2.07. The Labute approximate surface area is 110 Å². The highest BCUT2D eigenvalue weighted by Crippen LogP contribution is 2.17. The minimum absolute atomic E-state index is 0.960. The second kappa shape index (κ2) is 5.77. The maximum atomic E-state index is 4.16. The fraction of sp³-hybridized carbons (Fsp3) is 0.231. The van der Waals surface area contributed by atoms with Crippen molar-refractivity contribution in [3.63, 3.8) is 0 Å². The van der Waals surface area contributed by atoms with Crippen LogP contribution < -0.4 is 4.90 Å². The maximum Gasteiger partial charge on any atom is 0.0561 e. The molecule has 0 aliphatic heterocycles. The molecule has 0 N–H and O–H groups in total. The summed E-state index contributed by atoms with van der Waals surface area (Å²) < 4.78 is 1.01.